The molecule has 2 aromatic rings. The second-order valence-corrected chi connectivity index (χ2v) is 5.69. The highest BCUT2D eigenvalue weighted by Crippen LogP contribution is 2.47. The minimum atomic E-state index is -1.57. The fourth-order valence-electron chi connectivity index (χ4n) is 3.38. The summed E-state index contributed by atoms with van der Waals surface area (Å²) in [5, 5.41) is 0. The minimum absolute atomic E-state index is 0.368. The summed E-state index contributed by atoms with van der Waals surface area (Å²) in [6.07, 6.45) is 0. The van der Waals surface area contributed by atoms with E-state index in [1.165, 1.54) is 26.2 Å². The van der Waals surface area contributed by atoms with Gasteiger partial charge in [0, 0.05) is 18.3 Å². The summed E-state index contributed by atoms with van der Waals surface area (Å²) < 4.78 is 15.6. The van der Waals surface area contributed by atoms with Gasteiger partial charge in [0.2, 0.25) is 0 Å². The zero-order valence-corrected chi connectivity index (χ0v) is 14.5. The molecule has 3 rings (SSSR count). The molecule has 1 aliphatic rings. The summed E-state index contributed by atoms with van der Waals surface area (Å²) in [7, 11) is 5.95. The standard InChI is InChI=1S/C19H19NO5/c1-20-14-8-6-5-7-13(14)19(17(20)21,18(22)25-4)12-9-10-15(23-2)16(11-12)24-3/h5-11H,1-4H3/t19-/m1/s1. The molecule has 0 aromatic heterocycles. The molecule has 0 spiro atoms. The average Bonchev–Trinajstić information content (AvgIpc) is 2.89. The van der Waals surface area contributed by atoms with E-state index in [4.69, 9.17) is 14.2 Å². The van der Waals surface area contributed by atoms with E-state index in [0.29, 0.717) is 28.3 Å². The summed E-state index contributed by atoms with van der Waals surface area (Å²) >= 11 is 0. The lowest BCUT2D eigenvalue weighted by Crippen LogP contribution is -2.46. The molecule has 2 aromatic carbocycles. The predicted molar refractivity (Wildman–Crippen MR) is 92.2 cm³/mol. The first-order chi connectivity index (χ1) is 12.0. The number of hydrogen-bond donors (Lipinski definition) is 0. The fourth-order valence-corrected chi connectivity index (χ4v) is 3.38. The normalized spacial score (nSPS) is 18.7. The van der Waals surface area contributed by atoms with E-state index in [9.17, 15) is 9.59 Å². The molecular formula is C19H19NO5. The Kier molecular flexibility index (Phi) is 4.12. The van der Waals surface area contributed by atoms with Gasteiger partial charge in [-0.3, -0.25) is 9.59 Å². The Bertz CT molecular complexity index is 847. The van der Waals surface area contributed by atoms with Crippen molar-refractivity contribution in [1.29, 1.82) is 0 Å². The lowest BCUT2D eigenvalue weighted by atomic mass is 9.75. The number of fused-ring (bicyclic) bond motifs is 1. The molecule has 0 radical (unpaired) electrons. The number of carbonyl (C=O) groups excluding carboxylic acids is 2. The zero-order valence-electron chi connectivity index (χ0n) is 14.5. The van der Waals surface area contributed by atoms with Crippen molar-refractivity contribution in [3.63, 3.8) is 0 Å². The van der Waals surface area contributed by atoms with Crippen LogP contribution in [-0.4, -0.2) is 40.3 Å². The number of anilines is 1. The monoisotopic (exact) mass is 341 g/mol. The molecule has 0 saturated heterocycles. The van der Waals surface area contributed by atoms with Gasteiger partial charge in [-0.05, 0) is 23.8 Å². The molecule has 0 saturated carbocycles. The Balaban J connectivity index is 2.34. The minimum Gasteiger partial charge on any atom is -0.493 e. The topological polar surface area (TPSA) is 65.1 Å². The van der Waals surface area contributed by atoms with Gasteiger partial charge in [-0.25, -0.2) is 0 Å². The van der Waals surface area contributed by atoms with Crippen molar-refractivity contribution in [2.45, 2.75) is 5.41 Å². The molecule has 1 amide bonds. The third-order valence-electron chi connectivity index (χ3n) is 4.60. The van der Waals surface area contributed by atoms with Crippen molar-refractivity contribution in [2.75, 3.05) is 33.3 Å². The number of esters is 1. The summed E-state index contributed by atoms with van der Waals surface area (Å²) in [4.78, 5) is 27.5. The third kappa shape index (κ3) is 2.17. The van der Waals surface area contributed by atoms with Crippen LogP contribution in [-0.2, 0) is 19.7 Å². The first-order valence-corrected chi connectivity index (χ1v) is 7.71. The summed E-state index contributed by atoms with van der Waals surface area (Å²) in [6.45, 7) is 0. The van der Waals surface area contributed by atoms with Crippen LogP contribution in [0.5, 0.6) is 11.5 Å². The molecule has 0 aliphatic carbocycles. The summed E-state index contributed by atoms with van der Waals surface area (Å²) in [5.74, 6) is -0.0595. The maximum atomic E-state index is 13.2. The van der Waals surface area contributed by atoms with Crippen LogP contribution in [0.2, 0.25) is 0 Å². The number of rotatable bonds is 4. The van der Waals surface area contributed by atoms with Crippen molar-refractivity contribution in [1.82, 2.24) is 0 Å². The molecule has 0 unspecified atom stereocenters. The number of methoxy groups -OCH3 is 3. The van der Waals surface area contributed by atoms with Crippen LogP contribution in [0, 0.1) is 0 Å². The average molecular weight is 341 g/mol. The van der Waals surface area contributed by atoms with Crippen molar-refractivity contribution >= 4 is 17.6 Å². The van der Waals surface area contributed by atoms with E-state index in [0.717, 1.165) is 0 Å². The number of benzene rings is 2. The Morgan fingerprint density at radius 1 is 1.00 bits per heavy atom. The number of nitrogens with zero attached hydrogens (tertiary/aromatic N) is 1. The Morgan fingerprint density at radius 3 is 2.32 bits per heavy atom. The first-order valence-electron chi connectivity index (χ1n) is 7.71. The van der Waals surface area contributed by atoms with Gasteiger partial charge in [0.1, 0.15) is 0 Å². The van der Waals surface area contributed by atoms with Crippen molar-refractivity contribution < 1.29 is 23.8 Å². The Hall–Kier alpha value is -3.02. The zero-order chi connectivity index (χ0) is 18.2. The highest BCUT2D eigenvalue weighted by molar-refractivity contribution is 6.23. The number of likely N-dealkylation sites (N-methyl/N-ethyl adjacent to an activating group) is 1. The van der Waals surface area contributed by atoms with Crippen LogP contribution < -0.4 is 14.4 Å². The highest BCUT2D eigenvalue weighted by Gasteiger charge is 2.58. The second-order valence-electron chi connectivity index (χ2n) is 5.69. The predicted octanol–water partition coefficient (Wildman–Crippen LogP) is 2.14. The van der Waals surface area contributed by atoms with Crippen molar-refractivity contribution in [3.8, 4) is 11.5 Å². The lowest BCUT2D eigenvalue weighted by Gasteiger charge is -2.26. The number of carbonyl (C=O) groups is 2. The van der Waals surface area contributed by atoms with E-state index < -0.39 is 11.4 Å². The molecule has 0 N–H and O–H groups in total. The van der Waals surface area contributed by atoms with Crippen LogP contribution in [0.3, 0.4) is 0 Å². The molecular weight excluding hydrogens is 322 g/mol. The molecule has 6 nitrogen and oxygen atoms in total. The number of hydrogen-bond acceptors (Lipinski definition) is 5. The Morgan fingerprint density at radius 2 is 1.68 bits per heavy atom. The molecule has 1 heterocycles. The van der Waals surface area contributed by atoms with Gasteiger partial charge in [-0.1, -0.05) is 24.3 Å². The van der Waals surface area contributed by atoms with Gasteiger partial charge < -0.3 is 19.1 Å². The third-order valence-corrected chi connectivity index (χ3v) is 4.60. The maximum absolute atomic E-state index is 13.2. The molecule has 1 atom stereocenters. The molecule has 25 heavy (non-hydrogen) atoms. The van der Waals surface area contributed by atoms with Crippen LogP contribution in [0.15, 0.2) is 42.5 Å². The molecule has 0 fully saturated rings. The van der Waals surface area contributed by atoms with Crippen LogP contribution in [0.25, 0.3) is 0 Å². The van der Waals surface area contributed by atoms with Gasteiger partial charge >= 0.3 is 5.97 Å². The molecule has 1 aliphatic heterocycles. The number of para-hydroxylation sites is 1. The lowest BCUT2D eigenvalue weighted by molar-refractivity contribution is -0.149. The van der Waals surface area contributed by atoms with Gasteiger partial charge in [0.15, 0.2) is 16.9 Å². The van der Waals surface area contributed by atoms with E-state index in [2.05, 4.69) is 0 Å². The van der Waals surface area contributed by atoms with Gasteiger partial charge in [0.25, 0.3) is 5.91 Å². The number of ether oxygens (including phenoxy) is 3. The van der Waals surface area contributed by atoms with Gasteiger partial charge in [0.05, 0.1) is 21.3 Å². The van der Waals surface area contributed by atoms with Crippen molar-refractivity contribution in [2.24, 2.45) is 0 Å². The molecule has 0 bridgehead atoms. The van der Waals surface area contributed by atoms with E-state index in [1.54, 1.807) is 43.4 Å². The van der Waals surface area contributed by atoms with E-state index >= 15 is 0 Å². The van der Waals surface area contributed by atoms with Crippen LogP contribution in [0.1, 0.15) is 11.1 Å². The van der Waals surface area contributed by atoms with Crippen LogP contribution >= 0.6 is 0 Å². The maximum Gasteiger partial charge on any atom is 0.330 e. The largest absolute Gasteiger partial charge is 0.493 e. The summed E-state index contributed by atoms with van der Waals surface area (Å²) in [6, 6.07) is 12.2. The van der Waals surface area contributed by atoms with E-state index in [-0.39, 0.29) is 5.91 Å². The van der Waals surface area contributed by atoms with Crippen molar-refractivity contribution in [3.05, 3.63) is 53.6 Å². The number of amides is 1. The smallest absolute Gasteiger partial charge is 0.330 e. The summed E-state index contributed by atoms with van der Waals surface area (Å²) in [5.41, 5.74) is 0.160. The van der Waals surface area contributed by atoms with Crippen LogP contribution in [0.4, 0.5) is 5.69 Å². The van der Waals surface area contributed by atoms with Gasteiger partial charge in [-0.15, -0.1) is 0 Å². The highest BCUT2D eigenvalue weighted by atomic mass is 16.5. The first kappa shape index (κ1) is 16.8. The molecule has 130 valence electrons. The van der Waals surface area contributed by atoms with Gasteiger partial charge in [-0.2, -0.15) is 0 Å². The van der Waals surface area contributed by atoms with E-state index in [1.807, 2.05) is 6.07 Å². The molecule has 6 heteroatoms. The SMILES string of the molecule is COC(=O)[C@@]1(c2ccc(OC)c(OC)c2)C(=O)N(C)c2ccccc21. The fraction of sp³-hybridized carbons (Fsp3) is 0.263. The Labute approximate surface area is 145 Å². The second kappa shape index (κ2) is 6.12. The quantitative estimate of drug-likeness (QED) is 0.630.